The van der Waals surface area contributed by atoms with E-state index in [0.29, 0.717) is 10.0 Å². The number of amides is 1. The van der Waals surface area contributed by atoms with Gasteiger partial charge in [-0.3, -0.25) is 9.59 Å². The zero-order valence-electron chi connectivity index (χ0n) is 11.5. The normalized spacial score (nSPS) is 11.7. The van der Waals surface area contributed by atoms with Crippen molar-refractivity contribution in [3.63, 3.8) is 0 Å². The first-order chi connectivity index (χ1) is 10.4. The van der Waals surface area contributed by atoms with Gasteiger partial charge in [-0.15, -0.1) is 0 Å². The van der Waals surface area contributed by atoms with E-state index in [9.17, 15) is 14.4 Å². The number of nitrogens with zero attached hydrogens (tertiary/aromatic N) is 2. The van der Waals surface area contributed by atoms with Gasteiger partial charge in [0.05, 0.1) is 7.11 Å². The number of rotatable bonds is 4. The van der Waals surface area contributed by atoms with Gasteiger partial charge in [-0.2, -0.15) is 5.10 Å². The second-order valence-electron chi connectivity index (χ2n) is 4.35. The van der Waals surface area contributed by atoms with Crippen molar-refractivity contribution < 1.29 is 14.3 Å². The summed E-state index contributed by atoms with van der Waals surface area (Å²) in [6.45, 7) is 0. The fourth-order valence-electron chi connectivity index (χ4n) is 1.93. The van der Waals surface area contributed by atoms with E-state index in [2.05, 4.69) is 25.8 Å². The summed E-state index contributed by atoms with van der Waals surface area (Å²) in [6, 6.07) is 7.98. The van der Waals surface area contributed by atoms with Gasteiger partial charge in [0.1, 0.15) is 0 Å². The Morgan fingerprint density at radius 1 is 1.32 bits per heavy atom. The molecule has 114 valence electrons. The van der Waals surface area contributed by atoms with Crippen molar-refractivity contribution in [1.29, 1.82) is 0 Å². The van der Waals surface area contributed by atoms with E-state index in [0.717, 1.165) is 10.7 Å². The van der Waals surface area contributed by atoms with Crippen LogP contribution < -0.4 is 11.3 Å². The van der Waals surface area contributed by atoms with Crippen molar-refractivity contribution in [2.75, 3.05) is 7.11 Å². The van der Waals surface area contributed by atoms with Crippen LogP contribution in [-0.2, 0) is 9.53 Å². The van der Waals surface area contributed by atoms with Crippen LogP contribution >= 0.6 is 15.9 Å². The van der Waals surface area contributed by atoms with Crippen molar-refractivity contribution in [1.82, 2.24) is 9.78 Å². The minimum Gasteiger partial charge on any atom is -0.464 e. The molecule has 0 spiro atoms. The molecule has 0 saturated heterocycles. The number of carbonyl (C=O) groups is 2. The third kappa shape index (κ3) is 3.22. The van der Waals surface area contributed by atoms with Gasteiger partial charge < -0.3 is 10.5 Å². The first-order valence-corrected chi connectivity index (χ1v) is 6.96. The molecule has 0 aliphatic heterocycles. The van der Waals surface area contributed by atoms with Crippen LogP contribution in [0.15, 0.2) is 45.7 Å². The summed E-state index contributed by atoms with van der Waals surface area (Å²) in [5.74, 6) is -1.49. The Kier molecular flexibility index (Phi) is 4.71. The Morgan fingerprint density at radius 3 is 2.64 bits per heavy atom. The molecule has 8 heteroatoms. The van der Waals surface area contributed by atoms with E-state index in [4.69, 9.17) is 5.73 Å². The van der Waals surface area contributed by atoms with E-state index in [1.54, 1.807) is 24.3 Å². The fraction of sp³-hybridized carbons (Fsp3) is 0.143. The van der Waals surface area contributed by atoms with Crippen LogP contribution in [0.4, 0.5) is 0 Å². The fourth-order valence-corrected chi connectivity index (χ4v) is 2.34. The van der Waals surface area contributed by atoms with Crippen LogP contribution in [0.3, 0.4) is 0 Å². The summed E-state index contributed by atoms with van der Waals surface area (Å²) in [6.07, 6.45) is 0. The van der Waals surface area contributed by atoms with Gasteiger partial charge >= 0.3 is 5.97 Å². The van der Waals surface area contributed by atoms with Crippen molar-refractivity contribution >= 4 is 27.8 Å². The summed E-state index contributed by atoms with van der Waals surface area (Å²) in [5, 5.41) is 3.88. The number of primary amides is 1. The second-order valence-corrected chi connectivity index (χ2v) is 5.27. The molecule has 1 aromatic heterocycles. The first kappa shape index (κ1) is 15.9. The molecule has 1 amide bonds. The minimum absolute atomic E-state index is 0.0941. The number of ether oxygens (including phenoxy) is 1. The van der Waals surface area contributed by atoms with E-state index < -0.39 is 23.5 Å². The van der Waals surface area contributed by atoms with Gasteiger partial charge in [0.25, 0.3) is 5.56 Å². The Labute approximate surface area is 133 Å². The second kappa shape index (κ2) is 6.52. The third-order valence-corrected chi connectivity index (χ3v) is 3.39. The van der Waals surface area contributed by atoms with Crippen molar-refractivity contribution in [2.45, 2.75) is 6.04 Å². The molecule has 1 aromatic carbocycles. The van der Waals surface area contributed by atoms with Crippen LogP contribution in [0, 0.1) is 0 Å². The van der Waals surface area contributed by atoms with E-state index in [1.807, 2.05) is 0 Å². The number of benzene rings is 1. The smallest absolute Gasteiger partial charge is 0.358 e. The van der Waals surface area contributed by atoms with Crippen LogP contribution in [-0.4, -0.2) is 28.8 Å². The Bertz CT molecular complexity index is 788. The number of nitrogens with two attached hydrogens (primary N) is 1. The summed E-state index contributed by atoms with van der Waals surface area (Å²) in [5.41, 5.74) is 5.23. The lowest BCUT2D eigenvalue weighted by atomic mass is 10.1. The maximum absolute atomic E-state index is 12.0. The molecule has 0 aliphatic carbocycles. The topological polar surface area (TPSA) is 104 Å². The highest BCUT2D eigenvalue weighted by Crippen LogP contribution is 2.20. The van der Waals surface area contributed by atoms with Gasteiger partial charge in [0.15, 0.2) is 11.7 Å². The monoisotopic (exact) mass is 365 g/mol. The lowest BCUT2D eigenvalue weighted by Gasteiger charge is -2.16. The zero-order chi connectivity index (χ0) is 16.3. The predicted molar refractivity (Wildman–Crippen MR) is 81.3 cm³/mol. The number of carbonyl (C=O) groups excluding carboxylic acids is 2. The quantitative estimate of drug-likeness (QED) is 0.809. The van der Waals surface area contributed by atoms with Crippen LogP contribution in [0.2, 0.25) is 0 Å². The third-order valence-electron chi connectivity index (χ3n) is 2.90. The summed E-state index contributed by atoms with van der Waals surface area (Å²) >= 11 is 3.29. The summed E-state index contributed by atoms with van der Waals surface area (Å²) in [4.78, 5) is 35.4. The molecule has 2 aromatic rings. The first-order valence-electron chi connectivity index (χ1n) is 6.17. The molecular weight excluding hydrogens is 354 g/mol. The molecule has 22 heavy (non-hydrogen) atoms. The van der Waals surface area contributed by atoms with E-state index >= 15 is 0 Å². The molecule has 1 atom stereocenters. The molecule has 0 radical (unpaired) electrons. The van der Waals surface area contributed by atoms with Crippen molar-refractivity contribution in [3.05, 3.63) is 62.5 Å². The molecule has 2 N–H and O–H groups in total. The van der Waals surface area contributed by atoms with Gasteiger partial charge in [-0.05, 0) is 23.8 Å². The molecule has 7 nitrogen and oxygen atoms in total. The highest BCUT2D eigenvalue weighted by molar-refractivity contribution is 9.10. The van der Waals surface area contributed by atoms with E-state index in [1.165, 1.54) is 13.2 Å². The standard InChI is InChI=1S/C14H12BrN3O4/c1-22-14(21)10-5-6-11(19)18(17-10)12(13(16)20)8-3-2-4-9(15)7-8/h2-7,12H,1H3,(H2,16,20). The minimum atomic E-state index is -1.13. The molecule has 0 fully saturated rings. The number of aromatic nitrogens is 2. The molecule has 0 bridgehead atoms. The summed E-state index contributed by atoms with van der Waals surface area (Å²) in [7, 11) is 1.19. The lowest BCUT2D eigenvalue weighted by Crippen LogP contribution is -2.36. The van der Waals surface area contributed by atoms with Crippen LogP contribution in [0.1, 0.15) is 22.1 Å². The van der Waals surface area contributed by atoms with Crippen LogP contribution in [0.5, 0.6) is 0 Å². The zero-order valence-corrected chi connectivity index (χ0v) is 13.1. The van der Waals surface area contributed by atoms with Gasteiger partial charge in [0, 0.05) is 10.5 Å². The maximum atomic E-state index is 12.0. The number of hydrogen-bond acceptors (Lipinski definition) is 5. The molecule has 0 saturated carbocycles. The largest absolute Gasteiger partial charge is 0.464 e. The van der Waals surface area contributed by atoms with Crippen molar-refractivity contribution in [3.8, 4) is 0 Å². The number of methoxy groups -OCH3 is 1. The lowest BCUT2D eigenvalue weighted by molar-refractivity contribution is -0.120. The number of esters is 1. The number of halogens is 1. The highest BCUT2D eigenvalue weighted by Gasteiger charge is 2.24. The molecule has 2 rings (SSSR count). The average Bonchev–Trinajstić information content (AvgIpc) is 2.48. The molecule has 1 unspecified atom stereocenters. The molecular formula is C14H12BrN3O4. The van der Waals surface area contributed by atoms with Gasteiger partial charge in [0.2, 0.25) is 5.91 Å². The highest BCUT2D eigenvalue weighted by atomic mass is 79.9. The summed E-state index contributed by atoms with van der Waals surface area (Å²) < 4.78 is 6.14. The SMILES string of the molecule is COC(=O)c1ccc(=O)n(C(C(N)=O)c2cccc(Br)c2)n1. The Morgan fingerprint density at radius 2 is 2.05 bits per heavy atom. The Balaban J connectivity index is 2.61. The predicted octanol–water partition coefficient (Wildman–Crippen LogP) is 0.867. The molecule has 1 heterocycles. The van der Waals surface area contributed by atoms with Crippen LogP contribution in [0.25, 0.3) is 0 Å². The Hall–Kier alpha value is -2.48. The van der Waals surface area contributed by atoms with E-state index in [-0.39, 0.29) is 5.69 Å². The molecule has 0 aliphatic rings. The average molecular weight is 366 g/mol. The van der Waals surface area contributed by atoms with Gasteiger partial charge in [-0.1, -0.05) is 28.1 Å². The maximum Gasteiger partial charge on any atom is 0.358 e. The van der Waals surface area contributed by atoms with Crippen molar-refractivity contribution in [2.24, 2.45) is 5.73 Å². The van der Waals surface area contributed by atoms with Gasteiger partial charge in [-0.25, -0.2) is 9.48 Å². The number of hydrogen-bond donors (Lipinski definition) is 1.